The molecular formula is C11H13FO3. The highest BCUT2D eigenvalue weighted by Gasteiger charge is 2.07. The normalized spacial score (nSPS) is 10.3. The van der Waals surface area contributed by atoms with E-state index in [1.165, 1.54) is 0 Å². The van der Waals surface area contributed by atoms with Gasteiger partial charge in [-0.25, -0.2) is 4.39 Å². The predicted molar refractivity (Wildman–Crippen MR) is 53.4 cm³/mol. The maximum absolute atomic E-state index is 13.2. The Morgan fingerprint density at radius 2 is 2.13 bits per heavy atom. The highest BCUT2D eigenvalue weighted by atomic mass is 19.1. The summed E-state index contributed by atoms with van der Waals surface area (Å²) in [6.45, 7) is 1.68. The van der Waals surface area contributed by atoms with Gasteiger partial charge in [0.15, 0.2) is 0 Å². The lowest BCUT2D eigenvalue weighted by Gasteiger charge is -2.05. The highest BCUT2D eigenvalue weighted by Crippen LogP contribution is 2.21. The standard InChI is InChI=1S/C11H13FO3/c1-7-5-8(3-2-4-11(14)15)9(12)6-10(7)13/h5-6,13H,2-4H2,1H3,(H,14,15). The third-order valence-corrected chi connectivity index (χ3v) is 2.20. The zero-order valence-electron chi connectivity index (χ0n) is 8.46. The topological polar surface area (TPSA) is 57.5 Å². The van der Waals surface area contributed by atoms with Crippen molar-refractivity contribution in [3.8, 4) is 5.75 Å². The van der Waals surface area contributed by atoms with Gasteiger partial charge in [-0.1, -0.05) is 0 Å². The van der Waals surface area contributed by atoms with Gasteiger partial charge in [0.05, 0.1) is 0 Å². The van der Waals surface area contributed by atoms with Crippen LogP contribution in [0.1, 0.15) is 24.0 Å². The molecule has 0 spiro atoms. The number of phenolic OH excluding ortho intramolecular Hbond substituents is 1. The zero-order chi connectivity index (χ0) is 11.4. The van der Waals surface area contributed by atoms with Crippen LogP contribution in [0, 0.1) is 12.7 Å². The second kappa shape index (κ2) is 4.77. The van der Waals surface area contributed by atoms with Crippen LogP contribution < -0.4 is 0 Å². The first-order chi connectivity index (χ1) is 7.00. The molecule has 0 radical (unpaired) electrons. The molecule has 0 aliphatic carbocycles. The van der Waals surface area contributed by atoms with Crippen molar-refractivity contribution in [1.29, 1.82) is 0 Å². The first kappa shape index (κ1) is 11.5. The minimum absolute atomic E-state index is 0.0271. The second-order valence-electron chi connectivity index (χ2n) is 3.48. The molecular weight excluding hydrogens is 199 g/mol. The number of benzene rings is 1. The van der Waals surface area contributed by atoms with Crippen molar-refractivity contribution in [1.82, 2.24) is 0 Å². The maximum atomic E-state index is 13.2. The van der Waals surface area contributed by atoms with Crippen molar-refractivity contribution >= 4 is 5.97 Å². The molecule has 0 aliphatic rings. The van der Waals surface area contributed by atoms with Gasteiger partial charge in [-0.05, 0) is 37.0 Å². The lowest BCUT2D eigenvalue weighted by atomic mass is 10.0. The van der Waals surface area contributed by atoms with E-state index in [2.05, 4.69) is 0 Å². The summed E-state index contributed by atoms with van der Waals surface area (Å²) in [6.07, 6.45) is 0.801. The summed E-state index contributed by atoms with van der Waals surface area (Å²) < 4.78 is 13.2. The summed E-state index contributed by atoms with van der Waals surface area (Å²) in [4.78, 5) is 10.3. The van der Waals surface area contributed by atoms with Crippen molar-refractivity contribution in [3.05, 3.63) is 29.1 Å². The van der Waals surface area contributed by atoms with Gasteiger partial charge in [0.25, 0.3) is 0 Å². The van der Waals surface area contributed by atoms with Gasteiger partial charge < -0.3 is 10.2 Å². The fourth-order valence-corrected chi connectivity index (χ4v) is 1.35. The number of carbonyl (C=O) groups is 1. The third kappa shape index (κ3) is 3.23. The van der Waals surface area contributed by atoms with Crippen molar-refractivity contribution < 1.29 is 19.4 Å². The molecule has 0 aromatic heterocycles. The van der Waals surface area contributed by atoms with Gasteiger partial charge in [0.2, 0.25) is 0 Å². The zero-order valence-corrected chi connectivity index (χ0v) is 8.46. The minimum Gasteiger partial charge on any atom is -0.508 e. The number of halogens is 1. The van der Waals surface area contributed by atoms with Gasteiger partial charge in [0.1, 0.15) is 11.6 Å². The number of aryl methyl sites for hydroxylation is 2. The van der Waals surface area contributed by atoms with E-state index in [0.29, 0.717) is 24.0 Å². The summed E-state index contributed by atoms with van der Waals surface area (Å²) >= 11 is 0. The van der Waals surface area contributed by atoms with Gasteiger partial charge in [-0.15, -0.1) is 0 Å². The van der Waals surface area contributed by atoms with E-state index in [-0.39, 0.29) is 12.2 Å². The Kier molecular flexibility index (Phi) is 3.66. The molecule has 1 aromatic carbocycles. The molecule has 3 nitrogen and oxygen atoms in total. The third-order valence-electron chi connectivity index (χ3n) is 2.20. The van der Waals surface area contributed by atoms with E-state index in [4.69, 9.17) is 5.11 Å². The number of rotatable bonds is 4. The van der Waals surface area contributed by atoms with Crippen LogP contribution in [0.4, 0.5) is 4.39 Å². The van der Waals surface area contributed by atoms with Crippen molar-refractivity contribution in [3.63, 3.8) is 0 Å². The lowest BCUT2D eigenvalue weighted by Crippen LogP contribution is -1.98. The number of hydrogen-bond acceptors (Lipinski definition) is 2. The SMILES string of the molecule is Cc1cc(CCCC(=O)O)c(F)cc1O. The molecule has 0 unspecified atom stereocenters. The van der Waals surface area contributed by atoms with Gasteiger partial charge in [-0.2, -0.15) is 0 Å². The number of aliphatic carboxylic acids is 1. The second-order valence-corrected chi connectivity index (χ2v) is 3.48. The number of carboxylic acids is 1. The number of phenols is 1. The molecule has 0 aliphatic heterocycles. The van der Waals surface area contributed by atoms with E-state index in [9.17, 15) is 14.3 Å². The molecule has 0 atom stereocenters. The van der Waals surface area contributed by atoms with Crippen LogP contribution in [0.2, 0.25) is 0 Å². The van der Waals surface area contributed by atoms with Crippen LogP contribution in [0.3, 0.4) is 0 Å². The average molecular weight is 212 g/mol. The summed E-state index contributed by atoms with van der Waals surface area (Å²) in [5.41, 5.74) is 1.05. The van der Waals surface area contributed by atoms with Crippen LogP contribution in [-0.2, 0) is 11.2 Å². The Bertz CT molecular complexity index is 374. The highest BCUT2D eigenvalue weighted by molar-refractivity contribution is 5.66. The molecule has 0 fully saturated rings. The molecule has 1 aromatic rings. The maximum Gasteiger partial charge on any atom is 0.303 e. The molecule has 0 heterocycles. The first-order valence-corrected chi connectivity index (χ1v) is 4.70. The Labute approximate surface area is 87.2 Å². The molecule has 2 N–H and O–H groups in total. The molecule has 0 saturated carbocycles. The molecule has 0 bridgehead atoms. The summed E-state index contributed by atoms with van der Waals surface area (Å²) in [6, 6.07) is 2.61. The smallest absolute Gasteiger partial charge is 0.303 e. The van der Waals surface area contributed by atoms with Crippen LogP contribution in [-0.4, -0.2) is 16.2 Å². The first-order valence-electron chi connectivity index (χ1n) is 4.70. The van der Waals surface area contributed by atoms with E-state index in [0.717, 1.165) is 6.07 Å². The number of carboxylic acid groups (broad SMARTS) is 1. The van der Waals surface area contributed by atoms with Crippen molar-refractivity contribution in [2.24, 2.45) is 0 Å². The van der Waals surface area contributed by atoms with Crippen LogP contribution in [0.15, 0.2) is 12.1 Å². The molecule has 0 saturated heterocycles. The summed E-state index contributed by atoms with van der Waals surface area (Å²) in [5.74, 6) is -1.44. The van der Waals surface area contributed by atoms with Gasteiger partial charge >= 0.3 is 5.97 Å². The Balaban J connectivity index is 2.69. The molecule has 1 rings (SSSR count). The predicted octanol–water partition coefficient (Wildman–Crippen LogP) is 2.25. The number of aromatic hydroxyl groups is 1. The minimum atomic E-state index is -0.883. The van der Waals surface area contributed by atoms with Gasteiger partial charge in [-0.3, -0.25) is 4.79 Å². The number of hydrogen-bond donors (Lipinski definition) is 2. The fraction of sp³-hybridized carbons (Fsp3) is 0.364. The van der Waals surface area contributed by atoms with E-state index >= 15 is 0 Å². The fourth-order valence-electron chi connectivity index (χ4n) is 1.35. The van der Waals surface area contributed by atoms with Crippen LogP contribution in [0.5, 0.6) is 5.75 Å². The van der Waals surface area contributed by atoms with Crippen LogP contribution >= 0.6 is 0 Å². The molecule has 15 heavy (non-hydrogen) atoms. The average Bonchev–Trinajstić information content (AvgIpc) is 2.13. The van der Waals surface area contributed by atoms with Crippen LogP contribution in [0.25, 0.3) is 0 Å². The quantitative estimate of drug-likeness (QED) is 0.804. The van der Waals surface area contributed by atoms with Gasteiger partial charge in [0, 0.05) is 12.5 Å². The monoisotopic (exact) mass is 212 g/mol. The summed E-state index contributed by atoms with van der Waals surface area (Å²) in [7, 11) is 0. The van der Waals surface area contributed by atoms with Crippen molar-refractivity contribution in [2.75, 3.05) is 0 Å². The van der Waals surface area contributed by atoms with Crippen molar-refractivity contribution in [2.45, 2.75) is 26.2 Å². The Hall–Kier alpha value is -1.58. The molecule has 0 amide bonds. The van der Waals surface area contributed by atoms with E-state index < -0.39 is 11.8 Å². The lowest BCUT2D eigenvalue weighted by molar-refractivity contribution is -0.137. The Morgan fingerprint density at radius 1 is 1.47 bits per heavy atom. The van der Waals surface area contributed by atoms with E-state index in [1.54, 1.807) is 13.0 Å². The molecule has 4 heteroatoms. The molecule has 82 valence electrons. The summed E-state index contributed by atoms with van der Waals surface area (Å²) in [5, 5.41) is 17.6. The Morgan fingerprint density at radius 3 is 2.73 bits per heavy atom. The van der Waals surface area contributed by atoms with E-state index in [1.807, 2.05) is 0 Å². The largest absolute Gasteiger partial charge is 0.508 e.